The van der Waals surface area contributed by atoms with Crippen molar-refractivity contribution in [1.82, 2.24) is 0 Å². The van der Waals surface area contributed by atoms with Gasteiger partial charge >= 0.3 is 0 Å². The molecule has 0 radical (unpaired) electrons. The molecule has 0 aliphatic carbocycles. The van der Waals surface area contributed by atoms with Gasteiger partial charge < -0.3 is 16.4 Å². The number of rotatable bonds is 3. The summed E-state index contributed by atoms with van der Waals surface area (Å²) in [4.78, 5) is 13.5. The van der Waals surface area contributed by atoms with Gasteiger partial charge in [0, 0.05) is 19.1 Å². The van der Waals surface area contributed by atoms with Gasteiger partial charge in [0.15, 0.2) is 0 Å². The number of carbonyl (C=O) groups excluding carboxylic acids is 1. The Hall–Kier alpha value is -1.62. The van der Waals surface area contributed by atoms with E-state index in [2.05, 4.69) is 6.92 Å². The highest BCUT2D eigenvalue weighted by atomic mass is 19.1. The maximum Gasteiger partial charge on any atom is 0.253 e. The largest absolute Gasteiger partial charge is 0.367 e. The van der Waals surface area contributed by atoms with E-state index in [-0.39, 0.29) is 11.6 Å². The fourth-order valence-corrected chi connectivity index (χ4v) is 2.79. The lowest BCUT2D eigenvalue weighted by Crippen LogP contribution is -2.47. The van der Waals surface area contributed by atoms with Crippen molar-refractivity contribution in [3.8, 4) is 0 Å². The third-order valence-corrected chi connectivity index (χ3v) is 3.80. The van der Waals surface area contributed by atoms with Crippen LogP contribution in [0, 0.1) is 11.7 Å². The Morgan fingerprint density at radius 1 is 1.53 bits per heavy atom. The molecule has 4 nitrogen and oxygen atoms in total. The van der Waals surface area contributed by atoms with Crippen molar-refractivity contribution < 1.29 is 9.18 Å². The molecule has 1 amide bonds. The number of piperidine rings is 1. The molecular weight excluding hydrogens is 245 g/mol. The summed E-state index contributed by atoms with van der Waals surface area (Å²) in [5.74, 6) is -0.711. The summed E-state index contributed by atoms with van der Waals surface area (Å²) in [6.07, 6.45) is 1.95. The van der Waals surface area contributed by atoms with Crippen molar-refractivity contribution in [2.75, 3.05) is 18.0 Å². The van der Waals surface area contributed by atoms with Crippen LogP contribution in [0.2, 0.25) is 0 Å². The van der Waals surface area contributed by atoms with E-state index >= 15 is 0 Å². The Morgan fingerprint density at radius 2 is 2.26 bits per heavy atom. The van der Waals surface area contributed by atoms with Gasteiger partial charge in [0.1, 0.15) is 5.82 Å². The Labute approximate surface area is 112 Å². The molecule has 1 aliphatic rings. The molecule has 0 saturated carbocycles. The first-order chi connectivity index (χ1) is 9.04. The zero-order valence-corrected chi connectivity index (χ0v) is 11.1. The lowest BCUT2D eigenvalue weighted by molar-refractivity contribution is 0.0996. The predicted molar refractivity (Wildman–Crippen MR) is 73.5 cm³/mol. The first-order valence-electron chi connectivity index (χ1n) is 6.59. The molecule has 1 fully saturated rings. The zero-order valence-electron chi connectivity index (χ0n) is 11.1. The topological polar surface area (TPSA) is 72.3 Å². The standard InChI is InChI=1S/C14H20FN3O/c1-9-5-6-18(10(7-9)8-16)12-4-2-3-11(15)13(12)14(17)19/h2-4,9-10H,5-8,16H2,1H3,(H2,17,19). The second-order valence-corrected chi connectivity index (χ2v) is 5.21. The summed E-state index contributed by atoms with van der Waals surface area (Å²) in [7, 11) is 0. The molecule has 2 atom stereocenters. The van der Waals surface area contributed by atoms with E-state index in [1.54, 1.807) is 12.1 Å². The molecule has 0 spiro atoms. The highest BCUT2D eigenvalue weighted by Crippen LogP contribution is 2.31. The molecule has 5 heteroatoms. The van der Waals surface area contributed by atoms with E-state index in [0.717, 1.165) is 19.4 Å². The maximum absolute atomic E-state index is 13.8. The zero-order chi connectivity index (χ0) is 14.0. The molecule has 1 saturated heterocycles. The summed E-state index contributed by atoms with van der Waals surface area (Å²) in [6, 6.07) is 4.72. The van der Waals surface area contributed by atoms with Crippen LogP contribution in [0.5, 0.6) is 0 Å². The quantitative estimate of drug-likeness (QED) is 0.869. The summed E-state index contributed by atoms with van der Waals surface area (Å²) in [5, 5.41) is 0. The molecule has 0 aromatic heterocycles. The normalized spacial score (nSPS) is 23.4. The highest BCUT2D eigenvalue weighted by molar-refractivity contribution is 5.99. The predicted octanol–water partition coefficient (Wildman–Crippen LogP) is 1.49. The third kappa shape index (κ3) is 2.71. The van der Waals surface area contributed by atoms with Crippen LogP contribution in [0.15, 0.2) is 18.2 Å². The van der Waals surface area contributed by atoms with E-state index in [1.165, 1.54) is 6.07 Å². The van der Waals surface area contributed by atoms with Crippen molar-refractivity contribution >= 4 is 11.6 Å². The van der Waals surface area contributed by atoms with Gasteiger partial charge in [-0.3, -0.25) is 4.79 Å². The van der Waals surface area contributed by atoms with Crippen LogP contribution >= 0.6 is 0 Å². The number of halogens is 1. The number of benzene rings is 1. The molecule has 2 rings (SSSR count). The van der Waals surface area contributed by atoms with Crippen molar-refractivity contribution in [2.45, 2.75) is 25.8 Å². The smallest absolute Gasteiger partial charge is 0.253 e. The van der Waals surface area contributed by atoms with Crippen molar-refractivity contribution in [1.29, 1.82) is 0 Å². The molecular formula is C14H20FN3O. The monoisotopic (exact) mass is 265 g/mol. The molecule has 19 heavy (non-hydrogen) atoms. The highest BCUT2D eigenvalue weighted by Gasteiger charge is 2.28. The molecule has 0 bridgehead atoms. The minimum Gasteiger partial charge on any atom is -0.367 e. The SMILES string of the molecule is CC1CCN(c2cccc(F)c2C(N)=O)C(CN)C1. The first kappa shape index (κ1) is 13.8. The van der Waals surface area contributed by atoms with Gasteiger partial charge in [-0.25, -0.2) is 4.39 Å². The summed E-state index contributed by atoms with van der Waals surface area (Å²) in [6.45, 7) is 3.44. The number of nitrogens with zero attached hydrogens (tertiary/aromatic N) is 1. The van der Waals surface area contributed by atoms with Crippen LogP contribution in [-0.4, -0.2) is 25.0 Å². The van der Waals surface area contributed by atoms with E-state index in [4.69, 9.17) is 11.5 Å². The fourth-order valence-electron chi connectivity index (χ4n) is 2.79. The van der Waals surface area contributed by atoms with Gasteiger partial charge in [-0.15, -0.1) is 0 Å². The molecule has 1 aliphatic heterocycles. The summed E-state index contributed by atoms with van der Waals surface area (Å²) < 4.78 is 13.8. The number of nitrogens with two attached hydrogens (primary N) is 2. The molecule has 2 unspecified atom stereocenters. The van der Waals surface area contributed by atoms with E-state index < -0.39 is 11.7 Å². The van der Waals surface area contributed by atoms with Gasteiger partial charge in [-0.1, -0.05) is 13.0 Å². The van der Waals surface area contributed by atoms with Crippen molar-refractivity contribution in [3.05, 3.63) is 29.6 Å². The van der Waals surface area contributed by atoms with E-state index in [9.17, 15) is 9.18 Å². The maximum atomic E-state index is 13.8. The number of primary amides is 1. The molecule has 1 heterocycles. The van der Waals surface area contributed by atoms with Crippen LogP contribution < -0.4 is 16.4 Å². The van der Waals surface area contributed by atoms with Crippen LogP contribution in [0.4, 0.5) is 10.1 Å². The number of hydrogen-bond acceptors (Lipinski definition) is 3. The van der Waals surface area contributed by atoms with Gasteiger partial charge in [0.25, 0.3) is 5.91 Å². The lowest BCUT2D eigenvalue weighted by Gasteiger charge is -2.40. The van der Waals surface area contributed by atoms with Crippen LogP contribution in [-0.2, 0) is 0 Å². The average molecular weight is 265 g/mol. The summed E-state index contributed by atoms with van der Waals surface area (Å²) >= 11 is 0. The van der Waals surface area contributed by atoms with Crippen LogP contribution in [0.25, 0.3) is 0 Å². The Kier molecular flexibility index (Phi) is 4.04. The first-order valence-corrected chi connectivity index (χ1v) is 6.59. The number of anilines is 1. The minimum atomic E-state index is -0.734. The van der Waals surface area contributed by atoms with Gasteiger partial charge in [0.2, 0.25) is 0 Å². The lowest BCUT2D eigenvalue weighted by atomic mass is 9.91. The number of carbonyl (C=O) groups is 1. The fraction of sp³-hybridized carbons (Fsp3) is 0.500. The van der Waals surface area contributed by atoms with E-state index in [0.29, 0.717) is 18.2 Å². The van der Waals surface area contributed by atoms with Crippen LogP contribution in [0.1, 0.15) is 30.1 Å². The number of amides is 1. The van der Waals surface area contributed by atoms with Gasteiger partial charge in [-0.05, 0) is 30.9 Å². The third-order valence-electron chi connectivity index (χ3n) is 3.80. The molecule has 104 valence electrons. The van der Waals surface area contributed by atoms with Crippen molar-refractivity contribution in [3.63, 3.8) is 0 Å². The Balaban J connectivity index is 2.40. The van der Waals surface area contributed by atoms with Gasteiger partial charge in [-0.2, -0.15) is 0 Å². The second kappa shape index (κ2) is 5.57. The minimum absolute atomic E-state index is 0.0319. The van der Waals surface area contributed by atoms with E-state index in [1.807, 2.05) is 4.90 Å². The molecule has 4 N–H and O–H groups in total. The van der Waals surface area contributed by atoms with Gasteiger partial charge in [0.05, 0.1) is 11.3 Å². The summed E-state index contributed by atoms with van der Waals surface area (Å²) in [5.41, 5.74) is 11.6. The second-order valence-electron chi connectivity index (χ2n) is 5.21. The molecule has 1 aromatic carbocycles. The van der Waals surface area contributed by atoms with Crippen LogP contribution in [0.3, 0.4) is 0 Å². The van der Waals surface area contributed by atoms with Crippen molar-refractivity contribution in [2.24, 2.45) is 17.4 Å². The Bertz CT molecular complexity index is 478. The number of hydrogen-bond donors (Lipinski definition) is 2. The Morgan fingerprint density at radius 3 is 2.89 bits per heavy atom. The molecule has 1 aromatic rings. The average Bonchev–Trinajstić information content (AvgIpc) is 2.37.